The van der Waals surface area contributed by atoms with Crippen LogP contribution in [0.2, 0.25) is 0 Å². The van der Waals surface area contributed by atoms with Gasteiger partial charge >= 0.3 is 0 Å². The molecule has 4 nitrogen and oxygen atoms in total. The van der Waals surface area contributed by atoms with Gasteiger partial charge in [-0.3, -0.25) is 4.79 Å². The third kappa shape index (κ3) is 1.71. The highest BCUT2D eigenvalue weighted by molar-refractivity contribution is 9.10. The summed E-state index contributed by atoms with van der Waals surface area (Å²) >= 11 is 2.78. The van der Waals surface area contributed by atoms with Crippen LogP contribution >= 0.6 is 15.9 Å². The van der Waals surface area contributed by atoms with Crippen LogP contribution in [-0.2, 0) is 0 Å². The maximum atomic E-state index is 13.0. The number of rotatable bonds is 2. The minimum atomic E-state index is -0.836. The molecule has 0 aliphatic carbocycles. The Balaban J connectivity index is 3.47. The van der Waals surface area contributed by atoms with Gasteiger partial charge in [-0.05, 0) is 15.9 Å². The molecule has 76 valence electrons. The molecule has 0 saturated heterocycles. The molecular weight excluding hydrogens is 257 g/mol. The zero-order chi connectivity index (χ0) is 10.9. The van der Waals surface area contributed by atoms with Gasteiger partial charge in [0, 0.05) is 6.07 Å². The number of nitrogens with two attached hydrogens (primary N) is 1. The van der Waals surface area contributed by atoms with Crippen molar-refractivity contribution in [3.8, 4) is 11.5 Å². The summed E-state index contributed by atoms with van der Waals surface area (Å²) in [5.74, 6) is -2.86. The fourth-order valence-corrected chi connectivity index (χ4v) is 1.48. The van der Waals surface area contributed by atoms with Crippen LogP contribution < -0.4 is 5.73 Å². The first-order chi connectivity index (χ1) is 6.49. The average Bonchev–Trinajstić information content (AvgIpc) is 2.15. The predicted octanol–water partition coefficient (Wildman–Crippen LogP) is 1.14. The molecule has 0 amide bonds. The van der Waals surface area contributed by atoms with Crippen molar-refractivity contribution >= 4 is 21.7 Å². The zero-order valence-electron chi connectivity index (χ0n) is 6.92. The second kappa shape index (κ2) is 3.93. The van der Waals surface area contributed by atoms with Crippen LogP contribution in [0.25, 0.3) is 0 Å². The number of phenols is 2. The van der Waals surface area contributed by atoms with Gasteiger partial charge in [-0.25, -0.2) is 4.39 Å². The average molecular weight is 264 g/mol. The number of benzene rings is 1. The Labute approximate surface area is 87.3 Å². The lowest BCUT2D eigenvalue weighted by molar-refractivity contribution is 0.0996. The van der Waals surface area contributed by atoms with Crippen LogP contribution in [0.4, 0.5) is 4.39 Å². The Morgan fingerprint density at radius 3 is 2.64 bits per heavy atom. The molecule has 0 bridgehead atoms. The number of hydrogen-bond acceptors (Lipinski definition) is 4. The number of phenolic OH excluding ortho intramolecular Hbond substituents is 2. The van der Waals surface area contributed by atoms with Crippen LogP contribution in [-0.4, -0.2) is 22.5 Å². The van der Waals surface area contributed by atoms with Crippen molar-refractivity contribution in [2.24, 2.45) is 5.73 Å². The van der Waals surface area contributed by atoms with Crippen molar-refractivity contribution < 1.29 is 19.4 Å². The lowest BCUT2D eigenvalue weighted by atomic mass is 10.1. The summed E-state index contributed by atoms with van der Waals surface area (Å²) in [5, 5.41) is 18.3. The van der Waals surface area contributed by atoms with E-state index in [0.29, 0.717) is 6.07 Å². The van der Waals surface area contributed by atoms with Gasteiger partial charge in [0.15, 0.2) is 17.3 Å². The van der Waals surface area contributed by atoms with Gasteiger partial charge in [0.2, 0.25) is 0 Å². The number of hydrogen-bond donors (Lipinski definition) is 3. The monoisotopic (exact) mass is 263 g/mol. The molecule has 0 saturated carbocycles. The minimum Gasteiger partial charge on any atom is -0.504 e. The van der Waals surface area contributed by atoms with Crippen molar-refractivity contribution in [1.29, 1.82) is 0 Å². The van der Waals surface area contributed by atoms with Gasteiger partial charge < -0.3 is 15.9 Å². The second-order valence-electron chi connectivity index (χ2n) is 2.54. The molecule has 1 aromatic rings. The van der Waals surface area contributed by atoms with Crippen molar-refractivity contribution in [3.05, 3.63) is 21.9 Å². The fourth-order valence-electron chi connectivity index (χ4n) is 0.960. The van der Waals surface area contributed by atoms with E-state index in [2.05, 4.69) is 15.9 Å². The van der Waals surface area contributed by atoms with Crippen LogP contribution in [0.15, 0.2) is 10.5 Å². The van der Waals surface area contributed by atoms with Crippen molar-refractivity contribution in [2.45, 2.75) is 0 Å². The minimum absolute atomic E-state index is 0.205. The molecule has 0 unspecified atom stereocenters. The summed E-state index contributed by atoms with van der Waals surface area (Å²) in [4.78, 5) is 11.2. The van der Waals surface area contributed by atoms with Crippen LogP contribution in [0.3, 0.4) is 0 Å². The van der Waals surface area contributed by atoms with Gasteiger partial charge in [-0.2, -0.15) is 0 Å². The number of carbonyl (C=O) groups excluding carboxylic acids is 1. The van der Waals surface area contributed by atoms with Gasteiger partial charge in [0.1, 0.15) is 5.82 Å². The maximum Gasteiger partial charge on any atom is 0.181 e. The smallest absolute Gasteiger partial charge is 0.181 e. The summed E-state index contributed by atoms with van der Waals surface area (Å²) in [7, 11) is 0. The van der Waals surface area contributed by atoms with E-state index in [1.807, 2.05) is 0 Å². The molecule has 14 heavy (non-hydrogen) atoms. The molecular formula is C8H7BrFNO3. The first-order valence-corrected chi connectivity index (χ1v) is 4.41. The van der Waals surface area contributed by atoms with E-state index in [9.17, 15) is 14.3 Å². The van der Waals surface area contributed by atoms with Crippen molar-refractivity contribution in [2.75, 3.05) is 6.54 Å². The molecule has 0 atom stereocenters. The van der Waals surface area contributed by atoms with Gasteiger partial charge in [-0.15, -0.1) is 0 Å². The third-order valence-electron chi connectivity index (χ3n) is 1.64. The van der Waals surface area contributed by atoms with E-state index < -0.39 is 23.1 Å². The van der Waals surface area contributed by atoms with Crippen LogP contribution in [0, 0.1) is 5.82 Å². The lowest BCUT2D eigenvalue weighted by Crippen LogP contribution is -2.14. The van der Waals surface area contributed by atoms with Gasteiger partial charge in [0.05, 0.1) is 16.6 Å². The SMILES string of the molecule is NCC(=O)c1c(O)c(O)cc(F)c1Br. The predicted molar refractivity (Wildman–Crippen MR) is 50.8 cm³/mol. The van der Waals surface area contributed by atoms with Crippen LogP contribution in [0.1, 0.15) is 10.4 Å². The molecule has 0 aromatic heterocycles. The van der Waals surface area contributed by atoms with E-state index in [0.717, 1.165) is 0 Å². The molecule has 4 N–H and O–H groups in total. The molecule has 1 rings (SSSR count). The Morgan fingerprint density at radius 1 is 1.57 bits per heavy atom. The number of halogens is 2. The maximum absolute atomic E-state index is 13.0. The molecule has 0 heterocycles. The molecule has 0 spiro atoms. The van der Waals surface area contributed by atoms with Crippen LogP contribution in [0.5, 0.6) is 11.5 Å². The molecule has 0 aliphatic heterocycles. The van der Waals surface area contributed by atoms with Crippen molar-refractivity contribution in [1.82, 2.24) is 0 Å². The number of carbonyl (C=O) groups is 1. The molecule has 0 aliphatic rings. The van der Waals surface area contributed by atoms with E-state index >= 15 is 0 Å². The molecule has 0 radical (unpaired) electrons. The molecule has 0 fully saturated rings. The van der Waals surface area contributed by atoms with Gasteiger partial charge in [0.25, 0.3) is 0 Å². The summed E-state index contributed by atoms with van der Waals surface area (Å²) in [6.07, 6.45) is 0. The quantitative estimate of drug-likeness (QED) is 0.552. The normalized spacial score (nSPS) is 10.2. The highest BCUT2D eigenvalue weighted by Crippen LogP contribution is 2.36. The Morgan fingerprint density at radius 2 is 2.14 bits per heavy atom. The standard InChI is InChI=1S/C8H7BrFNO3/c9-7-3(10)1-4(12)8(14)6(7)5(13)2-11/h1,12,14H,2,11H2. The van der Waals surface area contributed by atoms with E-state index in [-0.39, 0.29) is 16.6 Å². The fraction of sp³-hybridized carbons (Fsp3) is 0.125. The first-order valence-electron chi connectivity index (χ1n) is 3.62. The summed E-state index contributed by atoms with van der Waals surface area (Å²) in [5.41, 5.74) is 4.71. The molecule has 1 aromatic carbocycles. The number of Topliss-reactive ketones (excluding diaryl/α,β-unsaturated/α-hetero) is 1. The highest BCUT2D eigenvalue weighted by atomic mass is 79.9. The molecule has 6 heteroatoms. The highest BCUT2D eigenvalue weighted by Gasteiger charge is 2.20. The Kier molecular flexibility index (Phi) is 3.07. The third-order valence-corrected chi connectivity index (χ3v) is 2.41. The largest absolute Gasteiger partial charge is 0.504 e. The van der Waals surface area contributed by atoms with E-state index in [1.165, 1.54) is 0 Å². The van der Waals surface area contributed by atoms with E-state index in [1.54, 1.807) is 0 Å². The summed E-state index contributed by atoms with van der Waals surface area (Å²) in [6.45, 7) is -0.380. The number of ketones is 1. The number of aromatic hydroxyl groups is 2. The lowest BCUT2D eigenvalue weighted by Gasteiger charge is -2.07. The topological polar surface area (TPSA) is 83.6 Å². The Bertz CT molecular complexity index is 368. The van der Waals surface area contributed by atoms with E-state index in [4.69, 9.17) is 10.8 Å². The Hall–Kier alpha value is -1.14. The first kappa shape index (κ1) is 10.9. The second-order valence-corrected chi connectivity index (χ2v) is 3.34. The van der Waals surface area contributed by atoms with Gasteiger partial charge in [-0.1, -0.05) is 0 Å². The van der Waals surface area contributed by atoms with Crippen molar-refractivity contribution in [3.63, 3.8) is 0 Å². The summed E-state index contributed by atoms with van der Waals surface area (Å²) < 4.78 is 12.8. The summed E-state index contributed by atoms with van der Waals surface area (Å²) in [6, 6.07) is 0.701. The zero-order valence-corrected chi connectivity index (χ0v) is 8.51.